The van der Waals surface area contributed by atoms with Crippen molar-refractivity contribution in [1.29, 1.82) is 0 Å². The minimum atomic E-state index is 0.751. The van der Waals surface area contributed by atoms with E-state index < -0.39 is 0 Å². The number of aromatic nitrogens is 2. The molecule has 0 saturated heterocycles. The Morgan fingerprint density at radius 3 is 2.08 bits per heavy atom. The van der Waals surface area contributed by atoms with Crippen LogP contribution in [-0.4, -0.2) is 9.97 Å². The minimum absolute atomic E-state index is 0.751. The molecule has 2 aromatic heterocycles. The van der Waals surface area contributed by atoms with E-state index in [0.717, 1.165) is 32.9 Å². The van der Waals surface area contributed by atoms with E-state index in [1.165, 1.54) is 42.1 Å². The molecule has 188 valence electrons. The molecule has 0 bridgehead atoms. The highest BCUT2D eigenvalue weighted by atomic mass is 32.2. The summed E-state index contributed by atoms with van der Waals surface area (Å²) in [6, 6.07) is 42.9. The summed E-state index contributed by atoms with van der Waals surface area (Å²) in [5.41, 5.74) is 9.03. The highest BCUT2D eigenvalue weighted by Gasteiger charge is 2.17. The van der Waals surface area contributed by atoms with Crippen molar-refractivity contribution in [3.63, 3.8) is 0 Å². The van der Waals surface area contributed by atoms with Crippen molar-refractivity contribution in [2.24, 2.45) is 0 Å². The number of benzene rings is 5. The van der Waals surface area contributed by atoms with Crippen molar-refractivity contribution in [3.8, 4) is 33.8 Å². The van der Waals surface area contributed by atoms with Gasteiger partial charge in [0.05, 0.1) is 15.9 Å². The molecule has 3 heterocycles. The summed E-state index contributed by atoms with van der Waals surface area (Å²) in [5.74, 6) is 0.751. The monoisotopic (exact) mass is 546 g/mol. The Morgan fingerprint density at radius 1 is 0.500 bits per heavy atom. The van der Waals surface area contributed by atoms with E-state index in [2.05, 4.69) is 127 Å². The van der Waals surface area contributed by atoms with Gasteiger partial charge in [-0.1, -0.05) is 127 Å². The van der Waals surface area contributed by atoms with Crippen molar-refractivity contribution in [3.05, 3.63) is 132 Å². The molecule has 0 unspecified atom stereocenters. The molecule has 7 aromatic rings. The Morgan fingerprint density at radius 2 is 1.20 bits per heavy atom. The lowest BCUT2D eigenvalue weighted by molar-refractivity contribution is 1.24. The van der Waals surface area contributed by atoms with Gasteiger partial charge in [0.15, 0.2) is 5.82 Å². The van der Waals surface area contributed by atoms with Crippen LogP contribution in [0.2, 0.25) is 0 Å². The standard InChI is InChI=1S/C36H22N2S2/c1-2-9-26(10-3-1)33-35-34(29-11-5-7-13-31(29)40-35)38-36(37-33)27-19-14-23(15-20-27)28-21-18-25-17-16-24-8-4-6-12-30(24)39-32(25)22-28/h1-22H. The lowest BCUT2D eigenvalue weighted by Gasteiger charge is -2.10. The molecule has 40 heavy (non-hydrogen) atoms. The molecule has 5 aromatic carbocycles. The first-order valence-corrected chi connectivity index (χ1v) is 14.9. The van der Waals surface area contributed by atoms with E-state index in [1.807, 2.05) is 17.8 Å². The number of hydrogen-bond acceptors (Lipinski definition) is 4. The lowest BCUT2D eigenvalue weighted by atomic mass is 10.0. The molecule has 0 N–H and O–H groups in total. The summed E-state index contributed by atoms with van der Waals surface area (Å²) in [4.78, 5) is 12.8. The lowest BCUT2D eigenvalue weighted by Crippen LogP contribution is -1.93. The predicted molar refractivity (Wildman–Crippen MR) is 171 cm³/mol. The first kappa shape index (κ1) is 23.4. The van der Waals surface area contributed by atoms with E-state index in [4.69, 9.17) is 9.97 Å². The minimum Gasteiger partial charge on any atom is -0.226 e. The van der Waals surface area contributed by atoms with Crippen LogP contribution in [0.1, 0.15) is 11.1 Å². The maximum atomic E-state index is 5.12. The number of nitrogens with zero attached hydrogens (tertiary/aromatic N) is 2. The maximum absolute atomic E-state index is 5.12. The Balaban J connectivity index is 1.20. The zero-order valence-corrected chi connectivity index (χ0v) is 23.0. The van der Waals surface area contributed by atoms with Crippen LogP contribution in [0.5, 0.6) is 0 Å². The van der Waals surface area contributed by atoms with Crippen LogP contribution in [0.15, 0.2) is 131 Å². The van der Waals surface area contributed by atoms with Crippen LogP contribution in [-0.2, 0) is 0 Å². The third-order valence-corrected chi connectivity index (χ3v) is 9.67. The highest BCUT2D eigenvalue weighted by molar-refractivity contribution is 7.99. The summed E-state index contributed by atoms with van der Waals surface area (Å²) in [6.07, 6.45) is 4.42. The molecule has 0 saturated carbocycles. The van der Waals surface area contributed by atoms with E-state index >= 15 is 0 Å². The van der Waals surface area contributed by atoms with Crippen LogP contribution in [0.4, 0.5) is 0 Å². The Bertz CT molecular complexity index is 2070. The van der Waals surface area contributed by atoms with Gasteiger partial charge in [0.25, 0.3) is 0 Å². The molecule has 4 heteroatoms. The molecular weight excluding hydrogens is 525 g/mol. The molecule has 1 aliphatic rings. The Hall–Kier alpha value is -4.51. The SMILES string of the molecule is C1=Cc2ccc(-c3ccc(-c4nc(-c5ccccc5)c5sc6ccccc6c5n4)cc3)cc2Sc2ccccc21. The second-order valence-electron chi connectivity index (χ2n) is 9.84. The van der Waals surface area contributed by atoms with Crippen LogP contribution >= 0.6 is 23.1 Å². The third-order valence-electron chi connectivity index (χ3n) is 7.34. The molecule has 0 radical (unpaired) electrons. The quantitative estimate of drug-likeness (QED) is 0.220. The second kappa shape index (κ2) is 9.60. The fourth-order valence-corrected chi connectivity index (χ4v) is 7.50. The van der Waals surface area contributed by atoms with E-state index in [9.17, 15) is 0 Å². The summed E-state index contributed by atoms with van der Waals surface area (Å²) >= 11 is 3.60. The second-order valence-corrected chi connectivity index (χ2v) is 12.0. The molecule has 0 spiro atoms. The summed E-state index contributed by atoms with van der Waals surface area (Å²) in [5, 5.41) is 1.18. The van der Waals surface area contributed by atoms with Gasteiger partial charge in [-0.15, -0.1) is 11.3 Å². The zero-order valence-electron chi connectivity index (χ0n) is 21.4. The van der Waals surface area contributed by atoms with Gasteiger partial charge >= 0.3 is 0 Å². The smallest absolute Gasteiger partial charge is 0.160 e. The van der Waals surface area contributed by atoms with Crippen molar-refractivity contribution >= 4 is 55.6 Å². The van der Waals surface area contributed by atoms with Crippen LogP contribution in [0.3, 0.4) is 0 Å². The van der Waals surface area contributed by atoms with Gasteiger partial charge in [-0.25, -0.2) is 9.97 Å². The van der Waals surface area contributed by atoms with Gasteiger partial charge in [0.1, 0.15) is 0 Å². The number of hydrogen-bond donors (Lipinski definition) is 0. The average Bonchev–Trinajstić information content (AvgIpc) is 3.29. The zero-order chi connectivity index (χ0) is 26.5. The van der Waals surface area contributed by atoms with Crippen molar-refractivity contribution in [2.75, 3.05) is 0 Å². The van der Waals surface area contributed by atoms with Gasteiger partial charge in [-0.2, -0.15) is 0 Å². The molecule has 0 fully saturated rings. The first-order chi connectivity index (χ1) is 19.8. The van der Waals surface area contributed by atoms with Gasteiger partial charge in [-0.3, -0.25) is 0 Å². The molecular formula is C36H22N2S2. The van der Waals surface area contributed by atoms with E-state index in [0.29, 0.717) is 0 Å². The first-order valence-electron chi connectivity index (χ1n) is 13.2. The molecule has 8 rings (SSSR count). The largest absolute Gasteiger partial charge is 0.226 e. The molecule has 0 aliphatic carbocycles. The molecule has 2 nitrogen and oxygen atoms in total. The van der Waals surface area contributed by atoms with Crippen LogP contribution in [0, 0.1) is 0 Å². The Kier molecular flexibility index (Phi) is 5.61. The van der Waals surface area contributed by atoms with Gasteiger partial charge in [0, 0.05) is 31.0 Å². The van der Waals surface area contributed by atoms with E-state index in [-0.39, 0.29) is 0 Å². The fraction of sp³-hybridized carbons (Fsp3) is 0. The predicted octanol–water partition coefficient (Wildman–Crippen LogP) is 10.5. The van der Waals surface area contributed by atoms with Crippen LogP contribution < -0.4 is 0 Å². The van der Waals surface area contributed by atoms with Gasteiger partial charge in [0.2, 0.25) is 0 Å². The third kappa shape index (κ3) is 4.04. The molecule has 0 atom stereocenters. The summed E-state index contributed by atoms with van der Waals surface area (Å²) < 4.78 is 2.36. The normalized spacial score (nSPS) is 12.3. The van der Waals surface area contributed by atoms with Gasteiger partial charge in [-0.05, 0) is 40.5 Å². The van der Waals surface area contributed by atoms with E-state index in [1.54, 1.807) is 11.3 Å². The van der Waals surface area contributed by atoms with Crippen molar-refractivity contribution < 1.29 is 0 Å². The van der Waals surface area contributed by atoms with Crippen LogP contribution in [0.25, 0.3) is 66.2 Å². The molecule has 0 amide bonds. The molecule has 1 aliphatic heterocycles. The van der Waals surface area contributed by atoms with Crippen molar-refractivity contribution in [1.82, 2.24) is 9.97 Å². The summed E-state index contributed by atoms with van der Waals surface area (Å²) in [6.45, 7) is 0. The number of thiophene rings is 1. The maximum Gasteiger partial charge on any atom is 0.160 e. The highest BCUT2D eigenvalue weighted by Crippen LogP contribution is 2.41. The fourth-order valence-electron chi connectivity index (χ4n) is 5.27. The average molecular weight is 547 g/mol. The van der Waals surface area contributed by atoms with Gasteiger partial charge < -0.3 is 0 Å². The summed E-state index contributed by atoms with van der Waals surface area (Å²) in [7, 11) is 0. The number of rotatable bonds is 3. The topological polar surface area (TPSA) is 25.8 Å². The number of fused-ring (bicyclic) bond motifs is 5. The van der Waals surface area contributed by atoms with Crippen molar-refractivity contribution in [2.45, 2.75) is 9.79 Å². The Labute approximate surface area is 240 Å².